The van der Waals surface area contributed by atoms with Crippen LogP contribution in [0.3, 0.4) is 0 Å². The molecule has 2 nitrogen and oxygen atoms in total. The molecule has 0 aromatic rings. The van der Waals surface area contributed by atoms with Crippen LogP contribution in [0.5, 0.6) is 0 Å². The molecule has 2 aliphatic rings. The molecule has 0 aromatic carbocycles. The normalized spacial score (nSPS) is 36.6. The topological polar surface area (TPSA) is 29.3 Å². The van der Waals surface area contributed by atoms with E-state index in [1.54, 1.807) is 0 Å². The Balaban J connectivity index is 1.91. The maximum absolute atomic E-state index is 6.26. The molecular formula is C11H22N2S. The Morgan fingerprint density at radius 2 is 1.71 bits per heavy atom. The van der Waals surface area contributed by atoms with Crippen LogP contribution in [0, 0.1) is 0 Å². The molecule has 2 unspecified atom stereocenters. The SMILES string of the molecule is NC1CCCCCC1N1CCSCC1. The van der Waals surface area contributed by atoms with Crippen molar-refractivity contribution < 1.29 is 0 Å². The zero-order valence-corrected chi connectivity index (χ0v) is 9.77. The zero-order chi connectivity index (χ0) is 9.80. The summed E-state index contributed by atoms with van der Waals surface area (Å²) in [5, 5.41) is 0. The van der Waals surface area contributed by atoms with Crippen molar-refractivity contribution in [1.82, 2.24) is 4.90 Å². The highest BCUT2D eigenvalue weighted by molar-refractivity contribution is 7.99. The highest BCUT2D eigenvalue weighted by atomic mass is 32.2. The van der Waals surface area contributed by atoms with Gasteiger partial charge in [-0.05, 0) is 12.8 Å². The molecule has 1 aliphatic carbocycles. The summed E-state index contributed by atoms with van der Waals surface area (Å²) >= 11 is 2.09. The van der Waals surface area contributed by atoms with Gasteiger partial charge in [-0.3, -0.25) is 4.90 Å². The molecule has 14 heavy (non-hydrogen) atoms. The van der Waals surface area contributed by atoms with Crippen LogP contribution >= 0.6 is 11.8 Å². The van der Waals surface area contributed by atoms with E-state index in [1.807, 2.05) is 0 Å². The van der Waals surface area contributed by atoms with E-state index >= 15 is 0 Å². The molecule has 1 saturated carbocycles. The van der Waals surface area contributed by atoms with Crippen molar-refractivity contribution >= 4 is 11.8 Å². The molecular weight excluding hydrogens is 192 g/mol. The largest absolute Gasteiger partial charge is 0.326 e. The predicted octanol–water partition coefficient (Wildman–Crippen LogP) is 1.70. The van der Waals surface area contributed by atoms with Gasteiger partial charge in [-0.15, -0.1) is 0 Å². The summed E-state index contributed by atoms with van der Waals surface area (Å²) in [7, 11) is 0. The van der Waals surface area contributed by atoms with Crippen LogP contribution in [0.4, 0.5) is 0 Å². The Labute approximate surface area is 91.6 Å². The van der Waals surface area contributed by atoms with E-state index in [2.05, 4.69) is 16.7 Å². The molecule has 1 aliphatic heterocycles. The lowest BCUT2D eigenvalue weighted by molar-refractivity contribution is 0.179. The summed E-state index contributed by atoms with van der Waals surface area (Å²) in [6, 6.07) is 1.14. The molecule has 0 spiro atoms. The summed E-state index contributed by atoms with van der Waals surface area (Å²) in [6.07, 6.45) is 6.72. The van der Waals surface area contributed by atoms with Gasteiger partial charge >= 0.3 is 0 Å². The van der Waals surface area contributed by atoms with E-state index in [0.29, 0.717) is 12.1 Å². The van der Waals surface area contributed by atoms with E-state index in [9.17, 15) is 0 Å². The Kier molecular flexibility index (Phi) is 4.14. The number of hydrogen-bond donors (Lipinski definition) is 1. The quantitative estimate of drug-likeness (QED) is 0.674. The first-order chi connectivity index (χ1) is 6.88. The van der Waals surface area contributed by atoms with Gasteiger partial charge in [0.05, 0.1) is 0 Å². The average Bonchev–Trinajstić information content (AvgIpc) is 2.44. The molecule has 82 valence electrons. The molecule has 0 amide bonds. The molecule has 0 aromatic heterocycles. The monoisotopic (exact) mass is 214 g/mol. The molecule has 0 bridgehead atoms. The molecule has 1 saturated heterocycles. The predicted molar refractivity (Wildman–Crippen MR) is 63.7 cm³/mol. The van der Waals surface area contributed by atoms with E-state index in [4.69, 9.17) is 5.73 Å². The Morgan fingerprint density at radius 1 is 1.00 bits per heavy atom. The number of rotatable bonds is 1. The standard InChI is InChI=1S/C11H22N2S/c12-10-4-2-1-3-5-11(10)13-6-8-14-9-7-13/h10-11H,1-9,12H2. The highest BCUT2D eigenvalue weighted by Crippen LogP contribution is 2.23. The second-order valence-electron chi connectivity index (χ2n) is 4.52. The van der Waals surface area contributed by atoms with Gasteiger partial charge in [0, 0.05) is 36.7 Å². The molecule has 2 atom stereocenters. The first kappa shape index (κ1) is 10.8. The number of nitrogens with two attached hydrogens (primary N) is 1. The van der Waals surface area contributed by atoms with Crippen molar-refractivity contribution in [2.75, 3.05) is 24.6 Å². The van der Waals surface area contributed by atoms with Crippen molar-refractivity contribution in [2.24, 2.45) is 5.73 Å². The summed E-state index contributed by atoms with van der Waals surface area (Å²) in [6.45, 7) is 2.53. The zero-order valence-electron chi connectivity index (χ0n) is 8.95. The van der Waals surface area contributed by atoms with Gasteiger partial charge in [0.2, 0.25) is 0 Å². The van der Waals surface area contributed by atoms with Gasteiger partial charge in [0.1, 0.15) is 0 Å². The van der Waals surface area contributed by atoms with Crippen molar-refractivity contribution in [1.29, 1.82) is 0 Å². The van der Waals surface area contributed by atoms with Crippen molar-refractivity contribution in [3.05, 3.63) is 0 Å². The lowest BCUT2D eigenvalue weighted by Gasteiger charge is -2.36. The fraction of sp³-hybridized carbons (Fsp3) is 1.00. The minimum atomic E-state index is 0.445. The van der Waals surface area contributed by atoms with Crippen molar-refractivity contribution in [3.63, 3.8) is 0 Å². The third kappa shape index (κ3) is 2.65. The van der Waals surface area contributed by atoms with Gasteiger partial charge in [-0.2, -0.15) is 11.8 Å². The molecule has 2 N–H and O–H groups in total. The Morgan fingerprint density at radius 3 is 2.50 bits per heavy atom. The van der Waals surface area contributed by atoms with Gasteiger partial charge in [-0.1, -0.05) is 19.3 Å². The van der Waals surface area contributed by atoms with Gasteiger partial charge in [-0.25, -0.2) is 0 Å². The van der Waals surface area contributed by atoms with E-state index < -0.39 is 0 Å². The maximum atomic E-state index is 6.26. The smallest absolute Gasteiger partial charge is 0.0247 e. The van der Waals surface area contributed by atoms with E-state index in [-0.39, 0.29) is 0 Å². The highest BCUT2D eigenvalue weighted by Gasteiger charge is 2.27. The molecule has 1 heterocycles. The lowest BCUT2D eigenvalue weighted by atomic mass is 10.0. The molecule has 2 fully saturated rings. The fourth-order valence-corrected chi connectivity index (χ4v) is 3.61. The summed E-state index contributed by atoms with van der Waals surface area (Å²) in [5.41, 5.74) is 6.26. The van der Waals surface area contributed by atoms with Crippen LogP contribution in [0.25, 0.3) is 0 Å². The van der Waals surface area contributed by atoms with Gasteiger partial charge in [0.15, 0.2) is 0 Å². The van der Waals surface area contributed by atoms with Crippen LogP contribution in [-0.2, 0) is 0 Å². The van der Waals surface area contributed by atoms with Crippen LogP contribution < -0.4 is 5.73 Å². The van der Waals surface area contributed by atoms with Crippen LogP contribution in [0.1, 0.15) is 32.1 Å². The maximum Gasteiger partial charge on any atom is 0.0247 e. The van der Waals surface area contributed by atoms with Crippen LogP contribution in [-0.4, -0.2) is 41.6 Å². The number of hydrogen-bond acceptors (Lipinski definition) is 3. The van der Waals surface area contributed by atoms with Crippen molar-refractivity contribution in [2.45, 2.75) is 44.2 Å². The minimum Gasteiger partial charge on any atom is -0.326 e. The van der Waals surface area contributed by atoms with E-state index in [1.165, 1.54) is 56.7 Å². The van der Waals surface area contributed by atoms with Gasteiger partial charge in [0.25, 0.3) is 0 Å². The summed E-state index contributed by atoms with van der Waals surface area (Å²) < 4.78 is 0. The molecule has 3 heteroatoms. The molecule has 2 rings (SSSR count). The average molecular weight is 214 g/mol. The molecule has 0 radical (unpaired) electrons. The second kappa shape index (κ2) is 5.38. The first-order valence-corrected chi connectivity index (χ1v) is 7.11. The Hall–Kier alpha value is 0.270. The number of thioether (sulfide) groups is 1. The third-order valence-corrected chi connectivity index (χ3v) is 4.49. The van der Waals surface area contributed by atoms with Crippen LogP contribution in [0.2, 0.25) is 0 Å². The van der Waals surface area contributed by atoms with E-state index in [0.717, 1.165) is 0 Å². The first-order valence-electron chi connectivity index (χ1n) is 5.95. The fourth-order valence-electron chi connectivity index (χ4n) is 2.68. The number of nitrogens with zero attached hydrogens (tertiary/aromatic N) is 1. The minimum absolute atomic E-state index is 0.445. The van der Waals surface area contributed by atoms with Crippen molar-refractivity contribution in [3.8, 4) is 0 Å². The van der Waals surface area contributed by atoms with Crippen LogP contribution in [0.15, 0.2) is 0 Å². The lowest BCUT2D eigenvalue weighted by Crippen LogP contribution is -2.50. The summed E-state index contributed by atoms with van der Waals surface area (Å²) in [4.78, 5) is 2.65. The second-order valence-corrected chi connectivity index (χ2v) is 5.74. The third-order valence-electron chi connectivity index (χ3n) is 3.55. The van der Waals surface area contributed by atoms with Gasteiger partial charge < -0.3 is 5.73 Å². The Bertz CT molecular complexity index is 169. The summed E-state index contributed by atoms with van der Waals surface area (Å²) in [5.74, 6) is 2.62.